The van der Waals surface area contributed by atoms with Gasteiger partial charge in [0.05, 0.1) is 11.9 Å². The second kappa shape index (κ2) is 6.76. The van der Waals surface area contributed by atoms with E-state index in [0.29, 0.717) is 10.4 Å². The van der Waals surface area contributed by atoms with Crippen LogP contribution < -0.4 is 0 Å². The summed E-state index contributed by atoms with van der Waals surface area (Å²) in [6, 6.07) is 1.22. The van der Waals surface area contributed by atoms with Gasteiger partial charge in [0.15, 0.2) is 0 Å². The topological polar surface area (TPSA) is 93.3 Å². The van der Waals surface area contributed by atoms with Crippen LogP contribution in [0.2, 0.25) is 0 Å². The molecule has 0 spiro atoms. The minimum Gasteiger partial charge on any atom is -0.335 e. The third kappa shape index (κ3) is 3.09. The average molecular weight is 388 g/mol. The number of carbonyl (C=O) groups is 1. The number of halogens is 2. The second-order valence-corrected chi connectivity index (χ2v) is 7.76. The number of hydrogen-bond acceptors (Lipinski definition) is 5. The summed E-state index contributed by atoms with van der Waals surface area (Å²) in [6.07, 6.45) is 2.43. The van der Waals surface area contributed by atoms with Crippen LogP contribution in [-0.2, 0) is 17.1 Å². The van der Waals surface area contributed by atoms with E-state index in [2.05, 4.69) is 10.2 Å². The fourth-order valence-electron chi connectivity index (χ4n) is 2.80. The molecule has 1 amide bonds. The van der Waals surface area contributed by atoms with Crippen LogP contribution in [0.3, 0.4) is 0 Å². The van der Waals surface area contributed by atoms with Gasteiger partial charge < -0.3 is 4.90 Å². The summed E-state index contributed by atoms with van der Waals surface area (Å²) in [7, 11) is -2.07. The van der Waals surface area contributed by atoms with Crippen molar-refractivity contribution in [3.8, 4) is 0 Å². The normalized spacial score (nSPS) is 16.4. The highest BCUT2D eigenvalue weighted by Gasteiger charge is 2.33. The van der Waals surface area contributed by atoms with Crippen molar-refractivity contribution in [3.63, 3.8) is 0 Å². The highest BCUT2D eigenvalue weighted by atomic mass is 32.2. The van der Waals surface area contributed by atoms with Crippen molar-refractivity contribution >= 4 is 15.9 Å². The lowest BCUT2D eigenvalue weighted by Gasteiger charge is -2.33. The number of nitrogens with zero attached hydrogens (tertiary/aromatic N) is 6. The molecule has 0 aromatic carbocycles. The van der Waals surface area contributed by atoms with Crippen molar-refractivity contribution in [2.45, 2.75) is 18.4 Å². The Balaban J connectivity index is 1.72. The zero-order chi connectivity index (χ0) is 19.1. The lowest BCUT2D eigenvalue weighted by molar-refractivity contribution is 0.0447. The first-order valence-corrected chi connectivity index (χ1v) is 9.27. The van der Waals surface area contributed by atoms with Gasteiger partial charge in [-0.2, -0.15) is 28.0 Å². The summed E-state index contributed by atoms with van der Waals surface area (Å²) in [6.45, 7) is -0.904. The molecular formula is C14H18F2N6O3S. The Hall–Kier alpha value is -2.34. The molecule has 0 radical (unpaired) electrons. The van der Waals surface area contributed by atoms with Crippen molar-refractivity contribution in [2.75, 3.05) is 26.2 Å². The fourth-order valence-corrected chi connectivity index (χ4v) is 4.41. The van der Waals surface area contributed by atoms with Crippen molar-refractivity contribution in [3.05, 3.63) is 29.8 Å². The molecule has 1 aliphatic heterocycles. The van der Waals surface area contributed by atoms with E-state index in [1.807, 2.05) is 0 Å². The minimum atomic E-state index is -3.72. The number of aryl methyl sites for hydroxylation is 1. The number of sulfonamides is 1. The number of rotatable bonds is 4. The molecule has 0 N–H and O–H groups in total. The molecule has 0 bridgehead atoms. The minimum absolute atomic E-state index is 0.0746. The number of alkyl halides is 2. The summed E-state index contributed by atoms with van der Waals surface area (Å²) in [5.74, 6) is -0.600. The SMILES string of the molecule is Cc1c(S(=O)(=O)N2CCN(C(=O)c3ccnn3C(F)F)CC2)cnn1C. The average Bonchev–Trinajstić information content (AvgIpc) is 3.22. The molecule has 0 atom stereocenters. The maximum absolute atomic E-state index is 12.9. The third-order valence-electron chi connectivity index (χ3n) is 4.41. The Labute approximate surface area is 148 Å². The molecule has 1 fully saturated rings. The Morgan fingerprint density at radius 2 is 1.85 bits per heavy atom. The van der Waals surface area contributed by atoms with E-state index in [-0.39, 0.29) is 36.8 Å². The Kier molecular flexibility index (Phi) is 4.80. The molecule has 0 saturated carbocycles. The standard InChI is InChI=1S/C14H18F2N6O3S/c1-10-12(9-18-19(10)2)26(24,25)21-7-5-20(6-8-21)13(23)11-3-4-17-22(11)14(15)16/h3-4,9,14H,5-8H2,1-2H3. The molecule has 142 valence electrons. The van der Waals surface area contributed by atoms with Crippen LogP contribution in [-0.4, -0.2) is 69.3 Å². The van der Waals surface area contributed by atoms with Gasteiger partial charge in [0, 0.05) is 39.4 Å². The van der Waals surface area contributed by atoms with E-state index >= 15 is 0 Å². The van der Waals surface area contributed by atoms with Gasteiger partial charge in [-0.25, -0.2) is 8.42 Å². The molecule has 26 heavy (non-hydrogen) atoms. The molecule has 1 saturated heterocycles. The highest BCUT2D eigenvalue weighted by molar-refractivity contribution is 7.89. The van der Waals surface area contributed by atoms with Crippen LogP contribution in [0.1, 0.15) is 22.7 Å². The van der Waals surface area contributed by atoms with Crippen LogP contribution in [0.4, 0.5) is 8.78 Å². The van der Waals surface area contributed by atoms with Gasteiger partial charge in [-0.3, -0.25) is 9.48 Å². The molecule has 2 aromatic heterocycles. The van der Waals surface area contributed by atoms with Crippen molar-refractivity contribution < 1.29 is 22.0 Å². The maximum atomic E-state index is 12.9. The Bertz CT molecular complexity index is 915. The fraction of sp³-hybridized carbons (Fsp3) is 0.500. The van der Waals surface area contributed by atoms with E-state index in [4.69, 9.17) is 0 Å². The summed E-state index contributed by atoms with van der Waals surface area (Å²) < 4.78 is 54.3. The van der Waals surface area contributed by atoms with Crippen LogP contribution in [0.25, 0.3) is 0 Å². The first kappa shape index (κ1) is 18.5. The van der Waals surface area contributed by atoms with Gasteiger partial charge in [0.25, 0.3) is 5.91 Å². The number of aromatic nitrogens is 4. The first-order chi connectivity index (χ1) is 12.2. The van der Waals surface area contributed by atoms with Crippen LogP contribution >= 0.6 is 0 Å². The molecule has 0 aliphatic carbocycles. The Morgan fingerprint density at radius 1 is 1.19 bits per heavy atom. The van der Waals surface area contributed by atoms with Gasteiger partial charge in [0.2, 0.25) is 10.0 Å². The lowest BCUT2D eigenvalue weighted by atomic mass is 10.3. The molecule has 1 aliphatic rings. The Morgan fingerprint density at radius 3 is 2.38 bits per heavy atom. The largest absolute Gasteiger partial charge is 0.335 e. The predicted octanol–water partition coefficient (Wildman–Crippen LogP) is 0.467. The van der Waals surface area contributed by atoms with Gasteiger partial charge >= 0.3 is 6.55 Å². The molecule has 2 aromatic rings. The van der Waals surface area contributed by atoms with Crippen molar-refractivity contribution in [1.82, 2.24) is 28.8 Å². The monoisotopic (exact) mass is 388 g/mol. The van der Waals surface area contributed by atoms with Gasteiger partial charge in [-0.15, -0.1) is 0 Å². The first-order valence-electron chi connectivity index (χ1n) is 7.83. The number of piperazine rings is 1. The van der Waals surface area contributed by atoms with Crippen molar-refractivity contribution in [2.24, 2.45) is 7.05 Å². The summed E-state index contributed by atoms with van der Waals surface area (Å²) in [4.78, 5) is 13.9. The molecule has 3 rings (SSSR count). The number of amides is 1. The van der Waals surface area contributed by atoms with Crippen LogP contribution in [0, 0.1) is 6.92 Å². The summed E-state index contributed by atoms with van der Waals surface area (Å²) in [5.41, 5.74) is 0.295. The van der Waals surface area contributed by atoms with E-state index < -0.39 is 22.5 Å². The quantitative estimate of drug-likeness (QED) is 0.759. The molecule has 9 nitrogen and oxygen atoms in total. The van der Waals surface area contributed by atoms with E-state index in [1.54, 1.807) is 14.0 Å². The molecule has 0 unspecified atom stereocenters. The van der Waals surface area contributed by atoms with Crippen LogP contribution in [0.15, 0.2) is 23.4 Å². The van der Waals surface area contributed by atoms with Gasteiger partial charge in [-0.1, -0.05) is 0 Å². The smallest absolute Gasteiger partial charge is 0.333 e. The second-order valence-electron chi connectivity index (χ2n) is 5.85. The maximum Gasteiger partial charge on any atom is 0.333 e. The molecular weight excluding hydrogens is 370 g/mol. The van der Waals surface area contributed by atoms with Gasteiger partial charge in [0.1, 0.15) is 10.6 Å². The van der Waals surface area contributed by atoms with E-state index in [0.717, 1.165) is 6.20 Å². The van der Waals surface area contributed by atoms with E-state index in [9.17, 15) is 22.0 Å². The highest BCUT2D eigenvalue weighted by Crippen LogP contribution is 2.21. The van der Waals surface area contributed by atoms with Crippen LogP contribution in [0.5, 0.6) is 0 Å². The van der Waals surface area contributed by atoms with Crippen molar-refractivity contribution in [1.29, 1.82) is 0 Å². The predicted molar refractivity (Wildman–Crippen MR) is 86.1 cm³/mol. The van der Waals surface area contributed by atoms with Gasteiger partial charge in [-0.05, 0) is 13.0 Å². The zero-order valence-electron chi connectivity index (χ0n) is 14.2. The summed E-state index contributed by atoms with van der Waals surface area (Å²) >= 11 is 0. The molecule has 12 heteroatoms. The number of carbonyl (C=O) groups excluding carboxylic acids is 1. The third-order valence-corrected chi connectivity index (χ3v) is 6.41. The van der Waals surface area contributed by atoms with E-state index in [1.165, 1.54) is 26.2 Å². The zero-order valence-corrected chi connectivity index (χ0v) is 15.0. The molecule has 3 heterocycles. The lowest BCUT2D eigenvalue weighted by Crippen LogP contribution is -2.50. The summed E-state index contributed by atoms with van der Waals surface area (Å²) in [5, 5.41) is 7.39. The number of hydrogen-bond donors (Lipinski definition) is 0.